The van der Waals surface area contributed by atoms with Crippen LogP contribution < -0.4 is 20.3 Å². The Morgan fingerprint density at radius 3 is 1.07 bits per heavy atom. The highest BCUT2D eigenvalue weighted by atomic mass is 32.1. The average molecular weight is 982 g/mol. The molecule has 372 valence electrons. The van der Waals surface area contributed by atoms with E-state index in [1.54, 1.807) is 0 Å². The number of nitrogens with two attached hydrogens (primary N) is 1. The van der Waals surface area contributed by atoms with Gasteiger partial charge in [-0.1, -0.05) is 204 Å². The number of anilines is 8. The first-order chi connectivity index (χ1) is 34.6. The van der Waals surface area contributed by atoms with Gasteiger partial charge in [-0.15, -0.1) is 5.10 Å². The van der Waals surface area contributed by atoms with Crippen LogP contribution in [0.1, 0.15) is 111 Å². The summed E-state index contributed by atoms with van der Waals surface area (Å²) in [5, 5.41) is 9.84. The van der Waals surface area contributed by atoms with Crippen LogP contribution in [-0.4, -0.2) is 15.0 Å². The number of nitrogens with zero attached hydrogens (tertiary/aromatic N) is 5. The fraction of sp³-hybridized carbons (Fsp3) is 0.262. The third-order valence-corrected chi connectivity index (χ3v) is 14.3. The van der Waals surface area contributed by atoms with Gasteiger partial charge in [0.05, 0.1) is 23.4 Å². The summed E-state index contributed by atoms with van der Waals surface area (Å²) in [5.74, 6) is 0. The fourth-order valence-corrected chi connectivity index (χ4v) is 9.91. The average Bonchev–Trinajstić information content (AvgIpc) is 3.76. The van der Waals surface area contributed by atoms with Gasteiger partial charge in [0.2, 0.25) is 0 Å². The van der Waals surface area contributed by atoms with E-state index in [0.717, 1.165) is 73.0 Å². The summed E-state index contributed by atoms with van der Waals surface area (Å²) in [6.07, 6.45) is 0. The van der Waals surface area contributed by atoms with E-state index in [2.05, 4.69) is 267 Å². The van der Waals surface area contributed by atoms with Crippen molar-refractivity contribution in [3.05, 3.63) is 204 Å². The van der Waals surface area contributed by atoms with Gasteiger partial charge in [-0.3, -0.25) is 0 Å². The van der Waals surface area contributed by atoms with E-state index in [4.69, 9.17) is 28.9 Å². The number of aromatic nitrogens is 3. The van der Waals surface area contributed by atoms with Crippen molar-refractivity contribution in [2.24, 2.45) is 0 Å². The summed E-state index contributed by atoms with van der Waals surface area (Å²) >= 11 is 4.75. The second-order valence-electron chi connectivity index (χ2n) is 23.5. The molecule has 7 nitrogen and oxygen atoms in total. The molecular formula is C65H71N7S. The third kappa shape index (κ3) is 10.5. The molecule has 0 aliphatic carbocycles. The second kappa shape index (κ2) is 19.6. The van der Waals surface area contributed by atoms with E-state index < -0.39 is 0 Å². The lowest BCUT2D eigenvalue weighted by Crippen LogP contribution is -2.14. The third-order valence-electron chi connectivity index (χ3n) is 14.1. The lowest BCUT2D eigenvalue weighted by Gasteiger charge is -2.28. The number of rotatable bonds is 11. The summed E-state index contributed by atoms with van der Waals surface area (Å²) in [4.78, 5) is 4.63. The highest BCUT2D eigenvalue weighted by molar-refractivity contribution is 7.81. The highest BCUT2D eigenvalue weighted by Gasteiger charge is 2.27. The molecular weight excluding hydrogens is 911 g/mol. The standard InChI is InChI=1S/C65H71N7S/c1-62(2,3)46-22-34-52(35-23-46)71(53-36-24-47(25-37-53)63(4,5)6)50-30-18-44(19-31-50)56-58(66)59(68-73)57(60-61(56)70(69-67-60)42-43-16-14-13-15-17-43)45-20-32-51(33-21-45)72(54-38-26-48(27-39-54)64(7,8)9)55-40-28-49(29-41-55)65(10,11)12/h13-41,68,73H,42,66H2,1-12H3. The van der Waals surface area contributed by atoms with Crippen LogP contribution in [0.2, 0.25) is 0 Å². The van der Waals surface area contributed by atoms with Crippen LogP contribution >= 0.6 is 12.8 Å². The molecule has 0 aliphatic heterocycles. The van der Waals surface area contributed by atoms with Gasteiger partial charge in [-0.2, -0.15) is 0 Å². The molecule has 0 aliphatic rings. The molecule has 0 unspecified atom stereocenters. The first-order valence-electron chi connectivity index (χ1n) is 25.5. The van der Waals surface area contributed by atoms with Crippen molar-refractivity contribution in [1.29, 1.82) is 0 Å². The summed E-state index contributed by atoms with van der Waals surface area (Å²) in [6, 6.07) is 63.4. The first-order valence-corrected chi connectivity index (χ1v) is 25.9. The van der Waals surface area contributed by atoms with Crippen LogP contribution in [0.15, 0.2) is 176 Å². The Hall–Kier alpha value is -7.29. The van der Waals surface area contributed by atoms with Gasteiger partial charge < -0.3 is 20.3 Å². The number of nitrogens with one attached hydrogen (secondary N) is 1. The van der Waals surface area contributed by atoms with Crippen molar-refractivity contribution in [2.75, 3.05) is 20.3 Å². The normalized spacial score (nSPS) is 12.3. The van der Waals surface area contributed by atoms with Gasteiger partial charge in [-0.05, 0) is 133 Å². The van der Waals surface area contributed by atoms with Gasteiger partial charge in [-0.25, -0.2) is 4.68 Å². The Morgan fingerprint density at radius 1 is 0.438 bits per heavy atom. The second-order valence-corrected chi connectivity index (χ2v) is 23.8. The number of hydrogen-bond acceptors (Lipinski definition) is 7. The van der Waals surface area contributed by atoms with Crippen molar-refractivity contribution < 1.29 is 0 Å². The number of nitrogen functional groups attached to an aromatic ring is 1. The van der Waals surface area contributed by atoms with E-state index in [1.165, 1.54) is 22.3 Å². The molecule has 3 N–H and O–H groups in total. The topological polar surface area (TPSA) is 75.2 Å². The number of hydrogen-bond donors (Lipinski definition) is 3. The Labute approximate surface area is 439 Å². The van der Waals surface area contributed by atoms with E-state index in [0.29, 0.717) is 17.9 Å². The van der Waals surface area contributed by atoms with Crippen LogP contribution in [0.3, 0.4) is 0 Å². The van der Waals surface area contributed by atoms with E-state index in [-0.39, 0.29) is 21.7 Å². The van der Waals surface area contributed by atoms with Gasteiger partial charge in [0.25, 0.3) is 0 Å². The minimum atomic E-state index is 0.0339. The lowest BCUT2D eigenvalue weighted by atomic mass is 9.86. The molecule has 0 fully saturated rings. The van der Waals surface area contributed by atoms with Gasteiger partial charge in [0.1, 0.15) is 5.52 Å². The zero-order chi connectivity index (χ0) is 52.0. The highest BCUT2D eigenvalue weighted by Crippen LogP contribution is 2.48. The summed E-state index contributed by atoms with van der Waals surface area (Å²) in [7, 11) is 0. The molecule has 0 saturated heterocycles. The van der Waals surface area contributed by atoms with E-state index in [9.17, 15) is 0 Å². The molecule has 8 heteroatoms. The lowest BCUT2D eigenvalue weighted by molar-refractivity contribution is 0.590. The molecule has 1 heterocycles. The van der Waals surface area contributed by atoms with Crippen molar-refractivity contribution in [3.63, 3.8) is 0 Å². The van der Waals surface area contributed by atoms with Crippen LogP contribution in [-0.2, 0) is 28.2 Å². The molecule has 0 atom stereocenters. The van der Waals surface area contributed by atoms with Crippen LogP contribution in [0, 0.1) is 0 Å². The first kappa shape index (κ1) is 50.6. The Kier molecular flexibility index (Phi) is 13.6. The van der Waals surface area contributed by atoms with Gasteiger partial charge in [0.15, 0.2) is 0 Å². The minimum absolute atomic E-state index is 0.0339. The van der Waals surface area contributed by atoms with Gasteiger partial charge in [0, 0.05) is 45.3 Å². The molecule has 8 aromatic carbocycles. The van der Waals surface area contributed by atoms with Crippen molar-refractivity contribution in [3.8, 4) is 22.3 Å². The molecule has 0 radical (unpaired) electrons. The van der Waals surface area contributed by atoms with E-state index >= 15 is 0 Å². The Balaban J connectivity index is 1.16. The summed E-state index contributed by atoms with van der Waals surface area (Å²) in [6.45, 7) is 27.5. The monoisotopic (exact) mass is 982 g/mol. The molecule has 9 rings (SSSR count). The number of benzene rings is 8. The molecule has 1 aromatic heterocycles. The van der Waals surface area contributed by atoms with Crippen LogP contribution in [0.4, 0.5) is 45.5 Å². The van der Waals surface area contributed by atoms with Gasteiger partial charge >= 0.3 is 0 Å². The predicted molar refractivity (Wildman–Crippen MR) is 315 cm³/mol. The van der Waals surface area contributed by atoms with Crippen LogP contribution in [0.25, 0.3) is 33.3 Å². The predicted octanol–water partition coefficient (Wildman–Crippen LogP) is 17.8. The SMILES string of the molecule is CC(C)(C)c1ccc(N(c2ccc(-c3c(NS)c(N)c(-c4ccc(N(c5ccc(C(C)(C)C)cc5)c5ccc(C(C)(C)C)cc5)cc4)c4c3nnn4Cc3ccccc3)cc2)c2ccc(C(C)(C)C)cc2)cc1. The molecule has 0 bridgehead atoms. The molecule has 0 saturated carbocycles. The fourth-order valence-electron chi connectivity index (χ4n) is 9.68. The zero-order valence-corrected chi connectivity index (χ0v) is 45.6. The minimum Gasteiger partial charge on any atom is -0.396 e. The molecule has 0 spiro atoms. The van der Waals surface area contributed by atoms with Crippen molar-refractivity contribution in [1.82, 2.24) is 15.0 Å². The maximum atomic E-state index is 7.45. The quantitative estimate of drug-likeness (QED) is 0.0886. The smallest absolute Gasteiger partial charge is 0.123 e. The summed E-state index contributed by atoms with van der Waals surface area (Å²) < 4.78 is 5.20. The number of fused-ring (bicyclic) bond motifs is 1. The zero-order valence-electron chi connectivity index (χ0n) is 44.7. The maximum Gasteiger partial charge on any atom is 0.123 e. The molecule has 73 heavy (non-hydrogen) atoms. The number of thiol groups is 1. The summed E-state index contributed by atoms with van der Waals surface area (Å²) in [5.41, 5.74) is 26.5. The molecule has 9 aromatic rings. The Bertz CT molecular complexity index is 3220. The molecule has 0 amide bonds. The van der Waals surface area contributed by atoms with E-state index in [1.807, 2.05) is 10.7 Å². The largest absolute Gasteiger partial charge is 0.396 e. The Morgan fingerprint density at radius 2 is 0.753 bits per heavy atom. The maximum absolute atomic E-state index is 7.45. The van der Waals surface area contributed by atoms with Crippen molar-refractivity contribution in [2.45, 2.75) is 111 Å². The van der Waals surface area contributed by atoms with Crippen molar-refractivity contribution >= 4 is 69.3 Å². The van der Waals surface area contributed by atoms with Crippen LogP contribution in [0.5, 0.6) is 0 Å².